The van der Waals surface area contributed by atoms with Gasteiger partial charge in [0, 0.05) is 16.4 Å². The van der Waals surface area contributed by atoms with Gasteiger partial charge < -0.3 is 5.11 Å². The van der Waals surface area contributed by atoms with Gasteiger partial charge in [-0.2, -0.15) is 0 Å². The summed E-state index contributed by atoms with van der Waals surface area (Å²) in [7, 11) is 0. The first-order valence-electron chi connectivity index (χ1n) is 13.0. The molecule has 2 nitrogen and oxygen atoms in total. The maximum absolute atomic E-state index is 13.4. The van der Waals surface area contributed by atoms with Gasteiger partial charge in [-0.15, -0.1) is 5.75 Å². The van der Waals surface area contributed by atoms with Crippen LogP contribution in [0.1, 0.15) is 99.8 Å². The Labute approximate surface area is 219 Å². The third-order valence-corrected chi connectivity index (χ3v) is 6.94. The molecule has 0 aromatic heterocycles. The minimum atomic E-state index is -0.252. The SMILES string of the molecule is CC(C)(C)C1=CC(c2cccc(-c3cc(C(C)(C)C)c([O-])c(C(C)(C)C)c3)c2)=C[C+](C(C)(C)C)C1=O. The molecule has 0 bridgehead atoms. The fourth-order valence-electron chi connectivity index (χ4n) is 4.70. The summed E-state index contributed by atoms with van der Waals surface area (Å²) in [4.78, 5) is 13.4. The minimum absolute atomic E-state index is 0.144. The third-order valence-electron chi connectivity index (χ3n) is 6.94. The van der Waals surface area contributed by atoms with Crippen molar-refractivity contribution in [2.24, 2.45) is 10.8 Å². The number of carbonyl (C=O) groups is 1. The van der Waals surface area contributed by atoms with E-state index < -0.39 is 0 Å². The highest BCUT2D eigenvalue weighted by Crippen LogP contribution is 2.44. The Morgan fingerprint density at radius 3 is 1.61 bits per heavy atom. The number of benzene rings is 2. The highest BCUT2D eigenvalue weighted by molar-refractivity contribution is 6.13. The van der Waals surface area contributed by atoms with Crippen LogP contribution in [0.5, 0.6) is 5.75 Å². The van der Waals surface area contributed by atoms with Crippen molar-refractivity contribution in [2.45, 2.75) is 93.9 Å². The largest absolute Gasteiger partial charge is 0.872 e. The quantitative estimate of drug-likeness (QED) is 0.400. The zero-order valence-corrected chi connectivity index (χ0v) is 24.4. The number of hydrogen-bond acceptors (Lipinski definition) is 2. The fraction of sp³-hybridized carbons (Fsp3) is 0.471. The number of rotatable bonds is 2. The Morgan fingerprint density at radius 1 is 0.667 bits per heavy atom. The van der Waals surface area contributed by atoms with Crippen LogP contribution in [-0.4, -0.2) is 5.78 Å². The third kappa shape index (κ3) is 5.64. The normalized spacial score (nSPS) is 15.7. The van der Waals surface area contributed by atoms with Crippen LogP contribution in [-0.2, 0) is 15.6 Å². The molecule has 0 fully saturated rings. The van der Waals surface area contributed by atoms with E-state index in [-0.39, 0.29) is 33.2 Å². The molecule has 0 aliphatic heterocycles. The van der Waals surface area contributed by atoms with E-state index in [9.17, 15) is 9.90 Å². The standard InChI is InChI=1S/C34H44O2/c1-31(2,3)25-17-23(18-26(29(25)35)32(4,5)6)21-14-13-15-22(16-21)24-19-27(33(7,8)9)30(36)28(20-24)34(10,11)12/h13-20H,1-12H3. The molecule has 0 radical (unpaired) electrons. The zero-order valence-electron chi connectivity index (χ0n) is 24.4. The van der Waals surface area contributed by atoms with E-state index >= 15 is 0 Å². The van der Waals surface area contributed by atoms with E-state index in [1.807, 2.05) is 0 Å². The summed E-state index contributed by atoms with van der Waals surface area (Å²) in [6.07, 6.45) is 4.14. The van der Waals surface area contributed by atoms with Crippen LogP contribution in [0.2, 0.25) is 0 Å². The molecular weight excluding hydrogens is 440 g/mol. The van der Waals surface area contributed by atoms with Crippen LogP contribution in [0.25, 0.3) is 16.7 Å². The Morgan fingerprint density at radius 2 is 1.17 bits per heavy atom. The second-order valence-corrected chi connectivity index (χ2v) is 14.4. The minimum Gasteiger partial charge on any atom is -0.872 e. The van der Waals surface area contributed by atoms with Gasteiger partial charge in [0.15, 0.2) is 0 Å². The summed E-state index contributed by atoms with van der Waals surface area (Å²) < 4.78 is 0. The molecule has 2 heteroatoms. The first kappa shape index (κ1) is 27.8. The Hall–Kier alpha value is -2.74. The average Bonchev–Trinajstić information content (AvgIpc) is 2.70. The highest BCUT2D eigenvalue weighted by atomic mass is 16.3. The van der Waals surface area contributed by atoms with Crippen LogP contribution in [0.3, 0.4) is 0 Å². The maximum atomic E-state index is 13.4. The molecule has 0 heterocycles. The second-order valence-electron chi connectivity index (χ2n) is 14.4. The molecular formula is C34H44O2. The van der Waals surface area contributed by atoms with Gasteiger partial charge in [0.2, 0.25) is 0 Å². The molecule has 36 heavy (non-hydrogen) atoms. The molecule has 0 N–H and O–H groups in total. The van der Waals surface area contributed by atoms with Gasteiger partial charge in [-0.3, -0.25) is 4.79 Å². The lowest BCUT2D eigenvalue weighted by Gasteiger charge is -2.34. The Kier molecular flexibility index (Phi) is 6.94. The van der Waals surface area contributed by atoms with Crippen molar-refractivity contribution in [3.8, 4) is 16.9 Å². The molecule has 0 unspecified atom stereocenters. The molecule has 1 aliphatic carbocycles. The molecule has 0 spiro atoms. The van der Waals surface area contributed by atoms with Crippen LogP contribution < -0.4 is 5.11 Å². The topological polar surface area (TPSA) is 40.1 Å². The predicted octanol–water partition coefficient (Wildman–Crippen LogP) is 8.58. The molecule has 1 aliphatic rings. The number of hydrogen-bond donors (Lipinski definition) is 0. The fourth-order valence-corrected chi connectivity index (χ4v) is 4.70. The van der Waals surface area contributed by atoms with Crippen molar-refractivity contribution in [3.05, 3.63) is 76.7 Å². The monoisotopic (exact) mass is 484 g/mol. The first-order valence-corrected chi connectivity index (χ1v) is 13.0. The van der Waals surface area contributed by atoms with Crippen molar-refractivity contribution in [1.29, 1.82) is 0 Å². The van der Waals surface area contributed by atoms with Gasteiger partial charge in [-0.1, -0.05) is 65.8 Å². The van der Waals surface area contributed by atoms with E-state index in [4.69, 9.17) is 0 Å². The Bertz CT molecular complexity index is 1190. The van der Waals surface area contributed by atoms with Gasteiger partial charge in [-0.05, 0) is 86.8 Å². The van der Waals surface area contributed by atoms with Gasteiger partial charge in [0.05, 0.1) is 17.7 Å². The number of Topliss-reactive ketones (excluding diaryl/α,β-unsaturated/α-hetero) is 1. The molecule has 0 atom stereocenters. The van der Waals surface area contributed by atoms with E-state index in [0.717, 1.165) is 44.9 Å². The van der Waals surface area contributed by atoms with Crippen LogP contribution in [0.4, 0.5) is 0 Å². The predicted molar refractivity (Wildman–Crippen MR) is 152 cm³/mol. The summed E-state index contributed by atoms with van der Waals surface area (Å²) >= 11 is 0. The average molecular weight is 485 g/mol. The molecule has 0 saturated heterocycles. The molecule has 2 aromatic carbocycles. The lowest BCUT2D eigenvalue weighted by atomic mass is 9.68. The van der Waals surface area contributed by atoms with Crippen molar-refractivity contribution in [1.82, 2.24) is 0 Å². The van der Waals surface area contributed by atoms with Crippen molar-refractivity contribution >= 4 is 11.4 Å². The van der Waals surface area contributed by atoms with Crippen molar-refractivity contribution < 1.29 is 9.90 Å². The molecule has 2 aromatic rings. The summed E-state index contributed by atoms with van der Waals surface area (Å²) in [5.74, 6) is 1.13. The first-order chi connectivity index (χ1) is 16.2. The van der Waals surface area contributed by atoms with Crippen LogP contribution in [0.15, 0.2) is 54.1 Å². The van der Waals surface area contributed by atoms with Crippen LogP contribution in [0, 0.1) is 16.7 Å². The summed E-state index contributed by atoms with van der Waals surface area (Å²) in [5.41, 5.74) is 5.78. The molecule has 0 amide bonds. The second kappa shape index (κ2) is 8.98. The van der Waals surface area contributed by atoms with E-state index in [1.165, 1.54) is 0 Å². The smallest absolute Gasteiger partial charge is 0.291 e. The summed E-state index contributed by atoms with van der Waals surface area (Å²) in [6.45, 7) is 25.2. The molecule has 192 valence electrons. The highest BCUT2D eigenvalue weighted by Gasteiger charge is 2.45. The summed E-state index contributed by atoms with van der Waals surface area (Å²) in [6, 6.07) is 12.6. The van der Waals surface area contributed by atoms with Crippen molar-refractivity contribution in [2.75, 3.05) is 0 Å². The zero-order chi connectivity index (χ0) is 27.4. The molecule has 0 saturated carbocycles. The molecule has 3 rings (SSSR count). The number of carbonyl (C=O) groups excluding carboxylic acids is 1. The van der Waals surface area contributed by atoms with Gasteiger partial charge >= 0.3 is 0 Å². The van der Waals surface area contributed by atoms with E-state index in [1.54, 1.807) is 0 Å². The number of ketones is 1. The van der Waals surface area contributed by atoms with Gasteiger partial charge in [0.25, 0.3) is 5.78 Å². The van der Waals surface area contributed by atoms with Crippen LogP contribution >= 0.6 is 0 Å². The summed E-state index contributed by atoms with van der Waals surface area (Å²) in [5, 5.41) is 13.4. The lowest BCUT2D eigenvalue weighted by molar-refractivity contribution is -0.271. The van der Waals surface area contributed by atoms with Gasteiger partial charge in [-0.25, -0.2) is 0 Å². The maximum Gasteiger partial charge on any atom is 0.291 e. The van der Waals surface area contributed by atoms with E-state index in [0.29, 0.717) is 0 Å². The lowest BCUT2D eigenvalue weighted by Crippen LogP contribution is -2.32. The van der Waals surface area contributed by atoms with Crippen molar-refractivity contribution in [3.63, 3.8) is 0 Å². The Balaban J connectivity index is 2.23. The van der Waals surface area contributed by atoms with Gasteiger partial charge in [0.1, 0.15) is 11.5 Å². The van der Waals surface area contributed by atoms with E-state index in [2.05, 4.69) is 132 Å². The number of allylic oxidation sites excluding steroid dienone is 4.